The molecule has 1 amide bonds. The van der Waals surface area contributed by atoms with Crippen molar-refractivity contribution >= 4 is 17.7 Å². The molecule has 2 heterocycles. The number of nitrogen functional groups attached to an aromatic ring is 1. The van der Waals surface area contributed by atoms with Crippen molar-refractivity contribution in [1.29, 1.82) is 0 Å². The molecule has 4 rings (SSSR count). The molecular weight excluding hydrogens is 534 g/mol. The number of benzene rings is 2. The van der Waals surface area contributed by atoms with Crippen molar-refractivity contribution in [2.24, 2.45) is 5.73 Å². The Bertz CT molecular complexity index is 1480. The van der Waals surface area contributed by atoms with Crippen LogP contribution in [0.15, 0.2) is 48.2 Å². The lowest BCUT2D eigenvalue weighted by molar-refractivity contribution is -0.0634. The maximum Gasteiger partial charge on any atom is 0.251 e. The van der Waals surface area contributed by atoms with Crippen molar-refractivity contribution in [2.45, 2.75) is 44.5 Å². The van der Waals surface area contributed by atoms with Crippen molar-refractivity contribution in [1.82, 2.24) is 10.3 Å². The van der Waals surface area contributed by atoms with Gasteiger partial charge >= 0.3 is 0 Å². The third-order valence-corrected chi connectivity index (χ3v) is 7.01. The zero-order valence-electron chi connectivity index (χ0n) is 23.3. The molecule has 7 N–H and O–H groups in total. The summed E-state index contributed by atoms with van der Waals surface area (Å²) in [6.07, 6.45) is 0.701. The average Bonchev–Trinajstić information content (AvgIpc) is 3.29. The minimum absolute atomic E-state index is 0.0953. The van der Waals surface area contributed by atoms with Gasteiger partial charge in [-0.2, -0.15) is 0 Å². The van der Waals surface area contributed by atoms with E-state index in [4.69, 9.17) is 20.9 Å². The Morgan fingerprint density at radius 2 is 1.95 bits per heavy atom. The minimum Gasteiger partial charge on any atom is -0.495 e. The van der Waals surface area contributed by atoms with Gasteiger partial charge in [-0.05, 0) is 69.3 Å². The monoisotopic (exact) mass is 568 g/mol. The molecular formula is C30H34F2N4O5. The molecule has 1 saturated heterocycles. The van der Waals surface area contributed by atoms with E-state index in [1.165, 1.54) is 57.4 Å². The molecule has 1 fully saturated rings. The number of pyridine rings is 1. The van der Waals surface area contributed by atoms with Gasteiger partial charge in [0.15, 0.2) is 11.4 Å². The largest absolute Gasteiger partial charge is 0.495 e. The average molecular weight is 569 g/mol. The van der Waals surface area contributed by atoms with E-state index in [1.54, 1.807) is 19.1 Å². The maximum atomic E-state index is 15.7. The highest BCUT2D eigenvalue weighted by Crippen LogP contribution is 2.40. The van der Waals surface area contributed by atoms with Gasteiger partial charge in [0.25, 0.3) is 5.91 Å². The van der Waals surface area contributed by atoms with Crippen LogP contribution in [-0.4, -0.2) is 47.5 Å². The van der Waals surface area contributed by atoms with Crippen LogP contribution in [0.5, 0.6) is 5.75 Å². The first-order valence-corrected chi connectivity index (χ1v) is 13.0. The van der Waals surface area contributed by atoms with E-state index in [1.807, 2.05) is 0 Å². The standard InChI is InChI=1S/C30H34F2N4O5/c1-16(33)11-18-12-19(13-22(40-4)26(18)34)28(38)35-15-30(24(37)9-10-41-30)23-14-21(29(2,3)39)25(32)27(36-23)17-5-7-20(31)8-6-17/h5-8,11-14,24,37,39H,9-10,15,33-34H2,1-4H3,(H,35,38)/b16-11-. The van der Waals surface area contributed by atoms with Crippen molar-refractivity contribution in [3.63, 3.8) is 0 Å². The van der Waals surface area contributed by atoms with Crippen LogP contribution in [0.25, 0.3) is 17.3 Å². The number of ether oxygens (including phenoxy) is 2. The molecule has 0 radical (unpaired) electrons. The Kier molecular flexibility index (Phi) is 8.34. The van der Waals surface area contributed by atoms with Gasteiger partial charge in [0.05, 0.1) is 43.3 Å². The second-order valence-electron chi connectivity index (χ2n) is 10.6. The lowest BCUT2D eigenvalue weighted by atomic mass is 9.87. The number of aliphatic hydroxyl groups excluding tert-OH is 1. The number of allylic oxidation sites excluding steroid dienone is 1. The highest BCUT2D eigenvalue weighted by molar-refractivity contribution is 5.96. The number of rotatable bonds is 8. The lowest BCUT2D eigenvalue weighted by Crippen LogP contribution is -2.48. The summed E-state index contributed by atoms with van der Waals surface area (Å²) in [5, 5.41) is 24.7. The number of aromatic nitrogens is 1. The number of halogens is 2. The summed E-state index contributed by atoms with van der Waals surface area (Å²) in [5.41, 5.74) is 10.3. The van der Waals surface area contributed by atoms with E-state index >= 15 is 4.39 Å². The van der Waals surface area contributed by atoms with Crippen LogP contribution in [0, 0.1) is 11.6 Å². The van der Waals surface area contributed by atoms with Gasteiger partial charge in [-0.25, -0.2) is 13.8 Å². The molecule has 0 spiro atoms. The number of hydrogen-bond donors (Lipinski definition) is 5. The summed E-state index contributed by atoms with van der Waals surface area (Å²) < 4.78 is 40.6. The normalized spacial score (nSPS) is 19.3. The number of aliphatic hydroxyl groups is 2. The molecule has 218 valence electrons. The van der Waals surface area contributed by atoms with Gasteiger partial charge in [-0.15, -0.1) is 0 Å². The summed E-state index contributed by atoms with van der Waals surface area (Å²) in [4.78, 5) is 17.8. The molecule has 2 unspecified atom stereocenters. The fourth-order valence-corrected chi connectivity index (χ4v) is 4.80. The van der Waals surface area contributed by atoms with E-state index in [9.17, 15) is 19.4 Å². The van der Waals surface area contributed by atoms with Crippen LogP contribution >= 0.6 is 0 Å². The topological polar surface area (TPSA) is 153 Å². The summed E-state index contributed by atoms with van der Waals surface area (Å²) in [6, 6.07) is 9.41. The minimum atomic E-state index is -1.64. The van der Waals surface area contributed by atoms with E-state index in [2.05, 4.69) is 10.3 Å². The first-order chi connectivity index (χ1) is 19.3. The third-order valence-electron chi connectivity index (χ3n) is 7.01. The molecule has 2 atom stereocenters. The Labute approximate surface area is 236 Å². The Balaban J connectivity index is 1.78. The summed E-state index contributed by atoms with van der Waals surface area (Å²) in [7, 11) is 1.42. The summed E-state index contributed by atoms with van der Waals surface area (Å²) in [6.45, 7) is 4.40. The number of nitrogens with one attached hydrogen (secondary N) is 1. The molecule has 11 heteroatoms. The highest BCUT2D eigenvalue weighted by Gasteiger charge is 2.48. The van der Waals surface area contributed by atoms with Crippen LogP contribution in [-0.2, 0) is 15.9 Å². The van der Waals surface area contributed by atoms with Crippen molar-refractivity contribution in [2.75, 3.05) is 26.0 Å². The zero-order chi connectivity index (χ0) is 30.1. The molecule has 1 aliphatic heterocycles. The van der Waals surface area contributed by atoms with Crippen molar-refractivity contribution < 1.29 is 33.3 Å². The number of carbonyl (C=O) groups is 1. The van der Waals surface area contributed by atoms with E-state index in [-0.39, 0.29) is 53.4 Å². The van der Waals surface area contributed by atoms with E-state index < -0.39 is 34.8 Å². The van der Waals surface area contributed by atoms with Gasteiger partial charge in [-0.3, -0.25) is 4.79 Å². The fraction of sp³-hybridized carbons (Fsp3) is 0.333. The third kappa shape index (κ3) is 6.02. The SMILES string of the molecule is COc1cc(C(=O)NCC2(c3cc(C(C)(C)O)c(F)c(-c4ccc(F)cc4)n3)OCCC2O)cc(/C=C(/C)N)c1N. The quantitative estimate of drug-likeness (QED) is 0.259. The van der Waals surface area contributed by atoms with Gasteiger partial charge < -0.3 is 36.5 Å². The first kappa shape index (κ1) is 29.9. The fourth-order valence-electron chi connectivity index (χ4n) is 4.80. The summed E-state index contributed by atoms with van der Waals surface area (Å²) in [5.74, 6) is -1.57. The number of nitrogens with zero attached hydrogens (tertiary/aromatic N) is 1. The number of hydrogen-bond acceptors (Lipinski definition) is 8. The Morgan fingerprint density at radius 1 is 1.27 bits per heavy atom. The number of anilines is 1. The first-order valence-electron chi connectivity index (χ1n) is 13.0. The molecule has 0 aliphatic carbocycles. The van der Waals surface area contributed by atoms with E-state index in [0.29, 0.717) is 16.9 Å². The lowest BCUT2D eigenvalue weighted by Gasteiger charge is -2.33. The van der Waals surface area contributed by atoms with Crippen LogP contribution in [0.2, 0.25) is 0 Å². The second kappa shape index (κ2) is 11.4. The molecule has 9 nitrogen and oxygen atoms in total. The molecule has 1 aromatic heterocycles. The van der Waals surface area contributed by atoms with Crippen LogP contribution in [0.1, 0.15) is 54.4 Å². The highest BCUT2D eigenvalue weighted by atomic mass is 19.1. The van der Waals surface area contributed by atoms with Crippen molar-refractivity contribution in [3.05, 3.63) is 82.2 Å². The van der Waals surface area contributed by atoms with Gasteiger partial charge in [-0.1, -0.05) is 0 Å². The molecule has 2 aromatic carbocycles. The van der Waals surface area contributed by atoms with Crippen LogP contribution < -0.4 is 21.5 Å². The maximum absolute atomic E-state index is 15.7. The second-order valence-corrected chi connectivity index (χ2v) is 10.6. The molecule has 41 heavy (non-hydrogen) atoms. The van der Waals surface area contributed by atoms with Gasteiger partial charge in [0.1, 0.15) is 17.3 Å². The van der Waals surface area contributed by atoms with Crippen molar-refractivity contribution in [3.8, 4) is 17.0 Å². The number of carbonyl (C=O) groups excluding carboxylic acids is 1. The number of methoxy groups -OCH3 is 1. The van der Waals surface area contributed by atoms with Crippen LogP contribution in [0.4, 0.5) is 14.5 Å². The van der Waals surface area contributed by atoms with Gasteiger partial charge in [0.2, 0.25) is 0 Å². The number of amides is 1. The molecule has 0 saturated carbocycles. The molecule has 3 aromatic rings. The van der Waals surface area contributed by atoms with E-state index in [0.717, 1.165) is 0 Å². The Morgan fingerprint density at radius 3 is 2.51 bits per heavy atom. The molecule has 1 aliphatic rings. The van der Waals surface area contributed by atoms with Gasteiger partial charge in [0, 0.05) is 34.4 Å². The van der Waals surface area contributed by atoms with Crippen LogP contribution in [0.3, 0.4) is 0 Å². The Hall–Kier alpha value is -4.06. The molecule has 0 bridgehead atoms. The predicted octanol–water partition coefficient (Wildman–Crippen LogP) is 3.57. The summed E-state index contributed by atoms with van der Waals surface area (Å²) >= 11 is 0. The number of nitrogens with two attached hydrogens (primary N) is 2. The smallest absolute Gasteiger partial charge is 0.251 e. The zero-order valence-corrected chi connectivity index (χ0v) is 23.3. The predicted molar refractivity (Wildman–Crippen MR) is 151 cm³/mol.